The van der Waals surface area contributed by atoms with Crippen LogP contribution in [0.4, 0.5) is 0 Å². The summed E-state index contributed by atoms with van der Waals surface area (Å²) in [6.45, 7) is 3.06. The van der Waals surface area contributed by atoms with Crippen molar-refractivity contribution < 1.29 is 9.53 Å². The van der Waals surface area contributed by atoms with Gasteiger partial charge in [-0.2, -0.15) is 0 Å². The molecule has 2 rings (SSSR count). The van der Waals surface area contributed by atoms with Gasteiger partial charge in [-0.3, -0.25) is 4.79 Å². The summed E-state index contributed by atoms with van der Waals surface area (Å²) in [6, 6.07) is 0. The van der Waals surface area contributed by atoms with Gasteiger partial charge in [0, 0.05) is 19.6 Å². The number of ether oxygens (including phenoxy) is 1. The maximum absolute atomic E-state index is 11.5. The predicted molar refractivity (Wildman–Crippen MR) is 57.3 cm³/mol. The topological polar surface area (TPSA) is 55.6 Å². The van der Waals surface area contributed by atoms with E-state index in [0.717, 1.165) is 31.8 Å². The van der Waals surface area contributed by atoms with Crippen molar-refractivity contribution in [2.24, 2.45) is 11.7 Å². The number of hydrogen-bond donors (Lipinski definition) is 1. The molecule has 0 aromatic rings. The SMILES string of the molecule is COC(=O)C1(N)CCN(CC2CC2)CC1. The zero-order chi connectivity index (χ0) is 10.9. The lowest BCUT2D eigenvalue weighted by molar-refractivity contribution is -0.149. The second kappa shape index (κ2) is 4.10. The normalized spacial score (nSPS) is 26.3. The molecule has 0 radical (unpaired) electrons. The fourth-order valence-corrected chi connectivity index (χ4v) is 2.21. The molecule has 1 saturated heterocycles. The van der Waals surface area contributed by atoms with E-state index in [4.69, 9.17) is 10.5 Å². The summed E-state index contributed by atoms with van der Waals surface area (Å²) in [4.78, 5) is 13.9. The van der Waals surface area contributed by atoms with E-state index in [2.05, 4.69) is 4.90 Å². The Morgan fingerprint density at radius 2 is 2.07 bits per heavy atom. The number of methoxy groups -OCH3 is 1. The van der Waals surface area contributed by atoms with Crippen molar-refractivity contribution in [3.05, 3.63) is 0 Å². The highest BCUT2D eigenvalue weighted by Gasteiger charge is 2.39. The Bertz CT molecular complexity index is 243. The van der Waals surface area contributed by atoms with Crippen LogP contribution >= 0.6 is 0 Å². The Morgan fingerprint density at radius 3 is 2.53 bits per heavy atom. The fourth-order valence-electron chi connectivity index (χ4n) is 2.21. The lowest BCUT2D eigenvalue weighted by Crippen LogP contribution is -2.56. The first-order chi connectivity index (χ1) is 7.14. The number of carbonyl (C=O) groups is 1. The van der Waals surface area contributed by atoms with Gasteiger partial charge < -0.3 is 15.4 Å². The van der Waals surface area contributed by atoms with Gasteiger partial charge in [0.25, 0.3) is 0 Å². The van der Waals surface area contributed by atoms with Crippen LogP contribution in [0.25, 0.3) is 0 Å². The molecule has 0 spiro atoms. The van der Waals surface area contributed by atoms with E-state index in [1.165, 1.54) is 26.5 Å². The van der Waals surface area contributed by atoms with Crippen molar-refractivity contribution in [1.29, 1.82) is 0 Å². The molecule has 1 heterocycles. The number of nitrogens with zero attached hydrogens (tertiary/aromatic N) is 1. The number of piperidine rings is 1. The molecule has 4 nitrogen and oxygen atoms in total. The van der Waals surface area contributed by atoms with E-state index in [1.54, 1.807) is 0 Å². The molecule has 0 bridgehead atoms. The fraction of sp³-hybridized carbons (Fsp3) is 0.909. The molecule has 1 saturated carbocycles. The zero-order valence-corrected chi connectivity index (χ0v) is 9.37. The van der Waals surface area contributed by atoms with Gasteiger partial charge in [-0.25, -0.2) is 0 Å². The van der Waals surface area contributed by atoms with Crippen molar-refractivity contribution in [1.82, 2.24) is 4.90 Å². The predicted octanol–water partition coefficient (Wildman–Crippen LogP) is 0.363. The Hall–Kier alpha value is -0.610. The smallest absolute Gasteiger partial charge is 0.325 e. The largest absolute Gasteiger partial charge is 0.468 e. The molecular formula is C11H20N2O2. The summed E-state index contributed by atoms with van der Waals surface area (Å²) in [5, 5.41) is 0. The van der Waals surface area contributed by atoms with Crippen LogP contribution in [-0.2, 0) is 9.53 Å². The van der Waals surface area contributed by atoms with E-state index < -0.39 is 5.54 Å². The molecule has 4 heteroatoms. The quantitative estimate of drug-likeness (QED) is 0.686. The number of hydrogen-bond acceptors (Lipinski definition) is 4. The zero-order valence-electron chi connectivity index (χ0n) is 9.37. The molecular weight excluding hydrogens is 192 g/mol. The summed E-state index contributed by atoms with van der Waals surface area (Å²) in [5.74, 6) is 0.655. The number of rotatable bonds is 3. The molecule has 15 heavy (non-hydrogen) atoms. The summed E-state index contributed by atoms with van der Waals surface area (Å²) in [7, 11) is 1.41. The summed E-state index contributed by atoms with van der Waals surface area (Å²) < 4.78 is 4.74. The average molecular weight is 212 g/mol. The highest BCUT2D eigenvalue weighted by Crippen LogP contribution is 2.31. The minimum absolute atomic E-state index is 0.256. The molecule has 2 N–H and O–H groups in total. The molecule has 0 amide bonds. The van der Waals surface area contributed by atoms with Crippen LogP contribution in [0.15, 0.2) is 0 Å². The Morgan fingerprint density at radius 1 is 1.47 bits per heavy atom. The van der Waals surface area contributed by atoms with Gasteiger partial charge >= 0.3 is 5.97 Å². The lowest BCUT2D eigenvalue weighted by Gasteiger charge is -2.37. The summed E-state index contributed by atoms with van der Waals surface area (Å²) >= 11 is 0. The minimum Gasteiger partial charge on any atom is -0.468 e. The second-order valence-electron chi connectivity index (χ2n) is 4.89. The third kappa shape index (κ3) is 2.49. The molecule has 2 aliphatic rings. The van der Waals surface area contributed by atoms with E-state index in [0.29, 0.717) is 0 Å². The van der Waals surface area contributed by atoms with Gasteiger partial charge in [0.2, 0.25) is 0 Å². The second-order valence-corrected chi connectivity index (χ2v) is 4.89. The molecule has 0 atom stereocenters. The highest BCUT2D eigenvalue weighted by molar-refractivity contribution is 5.80. The van der Waals surface area contributed by atoms with Crippen LogP contribution in [-0.4, -0.2) is 43.2 Å². The molecule has 2 fully saturated rings. The number of carbonyl (C=O) groups excluding carboxylic acids is 1. The van der Waals surface area contributed by atoms with Crippen LogP contribution in [0.2, 0.25) is 0 Å². The summed E-state index contributed by atoms with van der Waals surface area (Å²) in [5.41, 5.74) is 5.29. The Balaban J connectivity index is 1.81. The van der Waals surface area contributed by atoms with Gasteiger partial charge in [-0.05, 0) is 31.6 Å². The molecule has 1 aliphatic carbocycles. The number of nitrogens with two attached hydrogens (primary N) is 1. The van der Waals surface area contributed by atoms with Gasteiger partial charge in [0.1, 0.15) is 5.54 Å². The minimum atomic E-state index is -0.727. The summed E-state index contributed by atoms with van der Waals surface area (Å²) in [6.07, 6.45) is 4.21. The van der Waals surface area contributed by atoms with E-state index in [1.807, 2.05) is 0 Å². The van der Waals surface area contributed by atoms with Crippen molar-refractivity contribution in [3.8, 4) is 0 Å². The standard InChI is InChI=1S/C11H20N2O2/c1-15-10(14)11(12)4-6-13(7-5-11)8-9-2-3-9/h9H,2-8,12H2,1H3. The average Bonchev–Trinajstić information content (AvgIpc) is 3.04. The third-order valence-electron chi connectivity index (χ3n) is 3.55. The van der Waals surface area contributed by atoms with Crippen molar-refractivity contribution in [2.45, 2.75) is 31.2 Å². The van der Waals surface area contributed by atoms with Crippen LogP contribution in [0.1, 0.15) is 25.7 Å². The number of likely N-dealkylation sites (tertiary alicyclic amines) is 1. The maximum Gasteiger partial charge on any atom is 0.325 e. The van der Waals surface area contributed by atoms with Gasteiger partial charge in [0.15, 0.2) is 0 Å². The van der Waals surface area contributed by atoms with E-state index in [9.17, 15) is 4.79 Å². The Kier molecular flexibility index (Phi) is 2.98. The van der Waals surface area contributed by atoms with E-state index in [-0.39, 0.29) is 5.97 Å². The first kappa shape index (κ1) is 10.9. The van der Waals surface area contributed by atoms with Gasteiger partial charge in [0.05, 0.1) is 7.11 Å². The van der Waals surface area contributed by atoms with Crippen LogP contribution in [0.3, 0.4) is 0 Å². The Labute approximate surface area is 90.8 Å². The molecule has 0 aromatic carbocycles. The molecule has 0 aromatic heterocycles. The van der Waals surface area contributed by atoms with Crippen LogP contribution in [0, 0.1) is 5.92 Å². The van der Waals surface area contributed by atoms with Crippen molar-refractivity contribution in [2.75, 3.05) is 26.7 Å². The maximum atomic E-state index is 11.5. The first-order valence-corrected chi connectivity index (χ1v) is 5.74. The van der Waals surface area contributed by atoms with Gasteiger partial charge in [-0.15, -0.1) is 0 Å². The number of esters is 1. The molecule has 1 aliphatic heterocycles. The van der Waals surface area contributed by atoms with E-state index >= 15 is 0 Å². The van der Waals surface area contributed by atoms with Crippen LogP contribution < -0.4 is 5.73 Å². The highest BCUT2D eigenvalue weighted by atomic mass is 16.5. The molecule has 86 valence electrons. The third-order valence-corrected chi connectivity index (χ3v) is 3.55. The monoisotopic (exact) mass is 212 g/mol. The lowest BCUT2D eigenvalue weighted by atomic mass is 9.88. The van der Waals surface area contributed by atoms with Gasteiger partial charge in [-0.1, -0.05) is 0 Å². The molecule has 0 unspecified atom stereocenters. The van der Waals surface area contributed by atoms with Crippen LogP contribution in [0.5, 0.6) is 0 Å². The van der Waals surface area contributed by atoms with Crippen molar-refractivity contribution in [3.63, 3.8) is 0 Å². The van der Waals surface area contributed by atoms with Crippen molar-refractivity contribution >= 4 is 5.97 Å². The first-order valence-electron chi connectivity index (χ1n) is 5.74.